The fourth-order valence-electron chi connectivity index (χ4n) is 3.01. The molecule has 0 saturated carbocycles. The molecule has 0 unspecified atom stereocenters. The van der Waals surface area contributed by atoms with Crippen molar-refractivity contribution in [2.75, 3.05) is 18.5 Å². The summed E-state index contributed by atoms with van der Waals surface area (Å²) < 4.78 is 7.81. The van der Waals surface area contributed by atoms with Gasteiger partial charge in [0.05, 0.1) is 18.0 Å². The van der Waals surface area contributed by atoms with E-state index in [0.29, 0.717) is 23.8 Å². The number of nitriles is 1. The Kier molecular flexibility index (Phi) is 4.76. The largest absolute Gasteiger partial charge is 0.373 e. The van der Waals surface area contributed by atoms with Gasteiger partial charge in [0.2, 0.25) is 0 Å². The Hall–Kier alpha value is -2.46. The van der Waals surface area contributed by atoms with E-state index in [1.807, 2.05) is 30.9 Å². The van der Waals surface area contributed by atoms with Crippen LogP contribution in [0.25, 0.3) is 0 Å². The highest BCUT2D eigenvalue weighted by Gasteiger charge is 2.30. The lowest BCUT2D eigenvalue weighted by atomic mass is 9.97. The summed E-state index contributed by atoms with van der Waals surface area (Å²) in [4.78, 5) is 0. The number of nitrogens with one attached hydrogen (secondary N) is 1. The van der Waals surface area contributed by atoms with Crippen molar-refractivity contribution in [1.82, 2.24) is 20.0 Å². The smallest absolute Gasteiger partial charge is 0.166 e. The Balaban J connectivity index is 1.72. The van der Waals surface area contributed by atoms with Gasteiger partial charge in [0, 0.05) is 37.4 Å². The van der Waals surface area contributed by atoms with Gasteiger partial charge in [-0.05, 0) is 32.8 Å². The Morgan fingerprint density at radius 2 is 2.25 bits per heavy atom. The molecule has 24 heavy (non-hydrogen) atoms. The Morgan fingerprint density at radius 3 is 2.96 bits per heavy atom. The first-order chi connectivity index (χ1) is 11.6. The third kappa shape index (κ3) is 3.10. The molecule has 0 bridgehead atoms. The van der Waals surface area contributed by atoms with Gasteiger partial charge in [-0.2, -0.15) is 15.5 Å². The standard InChI is InChI=1S/C17H22N6O/c1-4-23-10-14(9-20-23)16-13(5-6-24-16)8-19-17-15(7-18)11(2)12(3)21-22-17/h9-10,13,16H,4-6,8H2,1-3H3,(H,19,22)/t13-,16+/m0/s1. The average Bonchev–Trinajstić information content (AvgIpc) is 3.24. The van der Waals surface area contributed by atoms with Gasteiger partial charge in [-0.15, -0.1) is 5.10 Å². The van der Waals surface area contributed by atoms with Gasteiger partial charge in [0.25, 0.3) is 0 Å². The molecule has 1 fully saturated rings. The van der Waals surface area contributed by atoms with Crippen LogP contribution in [0.2, 0.25) is 0 Å². The highest BCUT2D eigenvalue weighted by molar-refractivity contribution is 5.55. The monoisotopic (exact) mass is 326 g/mol. The predicted molar refractivity (Wildman–Crippen MR) is 89.4 cm³/mol. The maximum Gasteiger partial charge on any atom is 0.166 e. The minimum atomic E-state index is 0.0304. The number of aromatic nitrogens is 4. The van der Waals surface area contributed by atoms with Crippen LogP contribution in [0.15, 0.2) is 12.4 Å². The SMILES string of the molecule is CCn1cc([C@@H]2OCC[C@H]2CNc2nnc(C)c(C)c2C#N)cn1. The van der Waals surface area contributed by atoms with E-state index in [1.165, 1.54) is 0 Å². The molecule has 0 amide bonds. The van der Waals surface area contributed by atoms with Crippen LogP contribution in [0.1, 0.15) is 41.8 Å². The van der Waals surface area contributed by atoms with E-state index < -0.39 is 0 Å². The molecule has 1 aliphatic rings. The van der Waals surface area contributed by atoms with E-state index in [4.69, 9.17) is 4.74 Å². The molecule has 2 aromatic heterocycles. The quantitative estimate of drug-likeness (QED) is 0.907. The second-order valence-electron chi connectivity index (χ2n) is 6.10. The molecule has 2 atom stereocenters. The zero-order chi connectivity index (χ0) is 17.1. The first-order valence-electron chi connectivity index (χ1n) is 8.25. The Bertz CT molecular complexity index is 763. The van der Waals surface area contributed by atoms with Crippen molar-refractivity contribution in [2.24, 2.45) is 5.92 Å². The number of hydrogen-bond acceptors (Lipinski definition) is 6. The molecule has 3 heterocycles. The van der Waals surface area contributed by atoms with Gasteiger partial charge in [-0.25, -0.2) is 0 Å². The molecule has 7 heteroatoms. The highest BCUT2D eigenvalue weighted by atomic mass is 16.5. The third-order valence-corrected chi connectivity index (χ3v) is 4.62. The molecule has 2 aromatic rings. The summed E-state index contributed by atoms with van der Waals surface area (Å²) in [6, 6.07) is 2.22. The lowest BCUT2D eigenvalue weighted by Gasteiger charge is -2.18. The molecule has 0 spiro atoms. The number of ether oxygens (including phenoxy) is 1. The molecule has 1 saturated heterocycles. The van der Waals surface area contributed by atoms with Crippen molar-refractivity contribution in [3.63, 3.8) is 0 Å². The number of nitrogens with zero attached hydrogens (tertiary/aromatic N) is 5. The van der Waals surface area contributed by atoms with Crippen LogP contribution in [-0.4, -0.2) is 33.1 Å². The van der Waals surface area contributed by atoms with E-state index >= 15 is 0 Å². The van der Waals surface area contributed by atoms with Gasteiger partial charge in [0.1, 0.15) is 11.6 Å². The Labute approximate surface area is 141 Å². The van der Waals surface area contributed by atoms with Crippen molar-refractivity contribution in [2.45, 2.75) is 39.8 Å². The number of anilines is 1. The van der Waals surface area contributed by atoms with Crippen LogP contribution in [0.5, 0.6) is 0 Å². The molecule has 0 radical (unpaired) electrons. The highest BCUT2D eigenvalue weighted by Crippen LogP contribution is 2.34. The summed E-state index contributed by atoms with van der Waals surface area (Å²) in [5.74, 6) is 0.866. The normalized spacial score (nSPS) is 20.1. The number of aryl methyl sites for hydroxylation is 2. The first-order valence-corrected chi connectivity index (χ1v) is 8.25. The minimum absolute atomic E-state index is 0.0304. The summed E-state index contributed by atoms with van der Waals surface area (Å²) >= 11 is 0. The van der Waals surface area contributed by atoms with Crippen LogP contribution in [0, 0.1) is 31.1 Å². The van der Waals surface area contributed by atoms with Crippen molar-refractivity contribution < 1.29 is 4.74 Å². The molecule has 0 aliphatic carbocycles. The molecule has 7 nitrogen and oxygen atoms in total. The maximum atomic E-state index is 9.38. The zero-order valence-electron chi connectivity index (χ0n) is 14.3. The topological polar surface area (TPSA) is 88.6 Å². The van der Waals surface area contributed by atoms with Crippen LogP contribution in [0.4, 0.5) is 5.82 Å². The van der Waals surface area contributed by atoms with E-state index in [0.717, 1.165) is 36.4 Å². The molecule has 1 aliphatic heterocycles. The lowest BCUT2D eigenvalue weighted by molar-refractivity contribution is 0.0932. The Morgan fingerprint density at radius 1 is 1.42 bits per heavy atom. The molecular weight excluding hydrogens is 304 g/mol. The second kappa shape index (κ2) is 6.97. The van der Waals surface area contributed by atoms with Crippen LogP contribution in [0.3, 0.4) is 0 Å². The molecular formula is C17H22N6O. The summed E-state index contributed by atoms with van der Waals surface area (Å²) in [6.45, 7) is 8.09. The fraction of sp³-hybridized carbons (Fsp3) is 0.529. The fourth-order valence-corrected chi connectivity index (χ4v) is 3.01. The van der Waals surface area contributed by atoms with Gasteiger partial charge < -0.3 is 10.1 Å². The molecule has 1 N–H and O–H groups in total. The van der Waals surface area contributed by atoms with Gasteiger partial charge >= 0.3 is 0 Å². The molecule has 3 rings (SSSR count). The maximum absolute atomic E-state index is 9.38. The summed E-state index contributed by atoms with van der Waals surface area (Å²) in [6.07, 6.45) is 4.92. The van der Waals surface area contributed by atoms with Gasteiger partial charge in [0.15, 0.2) is 5.82 Å². The van der Waals surface area contributed by atoms with Crippen molar-refractivity contribution >= 4 is 5.82 Å². The van der Waals surface area contributed by atoms with Gasteiger partial charge in [-0.3, -0.25) is 4.68 Å². The minimum Gasteiger partial charge on any atom is -0.373 e. The second-order valence-corrected chi connectivity index (χ2v) is 6.10. The van der Waals surface area contributed by atoms with E-state index in [-0.39, 0.29) is 6.10 Å². The van der Waals surface area contributed by atoms with E-state index in [1.54, 1.807) is 0 Å². The number of hydrogen-bond donors (Lipinski definition) is 1. The molecule has 0 aromatic carbocycles. The van der Waals surface area contributed by atoms with Crippen LogP contribution < -0.4 is 5.32 Å². The zero-order valence-corrected chi connectivity index (χ0v) is 14.3. The molecule has 126 valence electrons. The predicted octanol–water partition coefficient (Wildman–Crippen LogP) is 2.37. The lowest BCUT2D eigenvalue weighted by Crippen LogP contribution is -2.19. The van der Waals surface area contributed by atoms with Gasteiger partial charge in [-0.1, -0.05) is 0 Å². The summed E-state index contributed by atoms with van der Waals surface area (Å²) in [5, 5.41) is 25.3. The number of rotatable bonds is 5. The third-order valence-electron chi connectivity index (χ3n) is 4.62. The average molecular weight is 326 g/mol. The first kappa shape index (κ1) is 16.4. The van der Waals surface area contributed by atoms with Crippen LogP contribution >= 0.6 is 0 Å². The van der Waals surface area contributed by atoms with E-state index in [2.05, 4.69) is 33.6 Å². The summed E-state index contributed by atoms with van der Waals surface area (Å²) in [5.41, 5.74) is 3.33. The van der Waals surface area contributed by atoms with Crippen LogP contribution in [-0.2, 0) is 11.3 Å². The van der Waals surface area contributed by atoms with Crippen molar-refractivity contribution in [1.29, 1.82) is 5.26 Å². The van der Waals surface area contributed by atoms with Crippen molar-refractivity contribution in [3.05, 3.63) is 34.8 Å². The summed E-state index contributed by atoms with van der Waals surface area (Å²) in [7, 11) is 0. The van der Waals surface area contributed by atoms with E-state index in [9.17, 15) is 5.26 Å². The van der Waals surface area contributed by atoms with Crippen molar-refractivity contribution in [3.8, 4) is 6.07 Å².